The lowest BCUT2D eigenvalue weighted by Gasteiger charge is -2.00. The van der Waals surface area contributed by atoms with Gasteiger partial charge in [0, 0.05) is 23.3 Å². The number of halogens is 1. The molecule has 0 aromatic heterocycles. The van der Waals surface area contributed by atoms with Crippen LogP contribution >= 0.6 is 24.2 Å². The van der Waals surface area contributed by atoms with Crippen molar-refractivity contribution in [3.63, 3.8) is 0 Å². The molecule has 0 unspecified atom stereocenters. The number of nitrogens with zero attached hydrogens (tertiary/aromatic N) is 1. The van der Waals surface area contributed by atoms with Crippen LogP contribution < -0.4 is 5.73 Å². The van der Waals surface area contributed by atoms with Gasteiger partial charge in [-0.3, -0.25) is 10.1 Å². The van der Waals surface area contributed by atoms with Crippen LogP contribution in [0.15, 0.2) is 12.1 Å². The second-order valence-electron chi connectivity index (χ2n) is 2.92. The molecule has 0 saturated heterocycles. The van der Waals surface area contributed by atoms with E-state index in [1.807, 2.05) is 0 Å². The molecule has 1 rings (SSSR count). The predicted molar refractivity (Wildman–Crippen MR) is 67.9 cm³/mol. The molecule has 84 valence electrons. The molecule has 0 aliphatic rings. The summed E-state index contributed by atoms with van der Waals surface area (Å²) in [5, 5.41) is 10.9. The van der Waals surface area contributed by atoms with E-state index >= 15 is 0 Å². The molecule has 1 aromatic carbocycles. The van der Waals surface area contributed by atoms with Crippen molar-refractivity contribution in [1.29, 1.82) is 0 Å². The molecule has 0 aliphatic heterocycles. The summed E-state index contributed by atoms with van der Waals surface area (Å²) in [5.41, 5.74) is 5.81. The van der Waals surface area contributed by atoms with Crippen molar-refractivity contribution in [3.05, 3.63) is 32.8 Å². The maximum absolute atomic E-state index is 10.7. The van der Waals surface area contributed by atoms with E-state index in [9.17, 15) is 10.1 Å². The Kier molecular flexibility index (Phi) is 4.47. The van der Waals surface area contributed by atoms with Crippen LogP contribution in [0.2, 0.25) is 5.02 Å². The van der Waals surface area contributed by atoms with Crippen molar-refractivity contribution in [2.75, 3.05) is 11.5 Å². The van der Waals surface area contributed by atoms with Gasteiger partial charge in [-0.2, -0.15) is 12.6 Å². The summed E-state index contributed by atoms with van der Waals surface area (Å²) in [4.78, 5) is 10.1. The van der Waals surface area contributed by atoms with Gasteiger partial charge in [-0.1, -0.05) is 23.4 Å². The number of rotatable bonds is 2. The third-order valence-corrected chi connectivity index (χ3v) is 2.22. The average molecular weight is 257 g/mol. The van der Waals surface area contributed by atoms with Crippen LogP contribution in [0.1, 0.15) is 12.0 Å². The maximum atomic E-state index is 10.7. The maximum Gasteiger partial charge on any atom is 0.294 e. The van der Waals surface area contributed by atoms with Crippen LogP contribution in [-0.2, 0) is 0 Å². The summed E-state index contributed by atoms with van der Waals surface area (Å²) in [5.74, 6) is 6.16. The topological polar surface area (TPSA) is 69.2 Å². The molecule has 0 amide bonds. The van der Waals surface area contributed by atoms with Gasteiger partial charge in [0.05, 0.1) is 10.5 Å². The third-order valence-electron chi connectivity index (χ3n) is 1.78. The number of anilines is 1. The predicted octanol–water partition coefficient (Wildman–Crippen LogP) is 2.50. The summed E-state index contributed by atoms with van der Waals surface area (Å²) in [6.45, 7) is 0. The van der Waals surface area contributed by atoms with Gasteiger partial charge in [0.25, 0.3) is 5.69 Å². The van der Waals surface area contributed by atoms with Gasteiger partial charge >= 0.3 is 0 Å². The molecule has 0 bridgehead atoms. The Morgan fingerprint density at radius 3 is 2.81 bits per heavy atom. The smallest absolute Gasteiger partial charge is 0.294 e. The summed E-state index contributed by atoms with van der Waals surface area (Å²) in [6.07, 6.45) is 0.586. The number of hydrogen-bond acceptors (Lipinski definition) is 4. The Hall–Kier alpha value is -1.38. The minimum absolute atomic E-state index is 0.0427. The highest BCUT2D eigenvalue weighted by molar-refractivity contribution is 7.80. The number of nitro benzene ring substituents is 1. The largest absolute Gasteiger partial charge is 0.392 e. The summed E-state index contributed by atoms with van der Waals surface area (Å²) in [7, 11) is 0. The van der Waals surface area contributed by atoms with E-state index in [0.717, 1.165) is 0 Å². The molecular weight excluding hydrogens is 248 g/mol. The van der Waals surface area contributed by atoms with E-state index in [1.54, 1.807) is 0 Å². The first kappa shape index (κ1) is 12.7. The van der Waals surface area contributed by atoms with Crippen LogP contribution in [0.5, 0.6) is 0 Å². The van der Waals surface area contributed by atoms with Crippen LogP contribution in [0.25, 0.3) is 0 Å². The minimum atomic E-state index is -0.578. The summed E-state index contributed by atoms with van der Waals surface area (Å²) in [6, 6.07) is 2.72. The fourth-order valence-electron chi connectivity index (χ4n) is 1.07. The molecule has 0 aliphatic carbocycles. The zero-order chi connectivity index (χ0) is 12.1. The minimum Gasteiger partial charge on any atom is -0.392 e. The first-order valence-electron chi connectivity index (χ1n) is 4.39. The second kappa shape index (κ2) is 5.64. The van der Waals surface area contributed by atoms with Crippen molar-refractivity contribution < 1.29 is 4.92 Å². The van der Waals surface area contributed by atoms with Gasteiger partial charge in [-0.15, -0.1) is 0 Å². The Morgan fingerprint density at radius 2 is 2.25 bits per heavy atom. The number of nitro groups is 1. The molecule has 0 radical (unpaired) electrons. The Balaban J connectivity index is 3.21. The second-order valence-corrected chi connectivity index (χ2v) is 3.80. The van der Waals surface area contributed by atoms with Crippen molar-refractivity contribution >= 4 is 35.6 Å². The zero-order valence-electron chi connectivity index (χ0n) is 8.24. The fourth-order valence-corrected chi connectivity index (χ4v) is 1.40. The van der Waals surface area contributed by atoms with E-state index in [0.29, 0.717) is 17.7 Å². The highest BCUT2D eigenvalue weighted by Crippen LogP contribution is 2.28. The van der Waals surface area contributed by atoms with Crippen LogP contribution in [-0.4, -0.2) is 10.7 Å². The average Bonchev–Trinajstić information content (AvgIpc) is 2.22. The van der Waals surface area contributed by atoms with Crippen molar-refractivity contribution in [2.24, 2.45) is 0 Å². The van der Waals surface area contributed by atoms with Crippen LogP contribution in [0, 0.1) is 22.0 Å². The first-order chi connectivity index (χ1) is 7.56. The van der Waals surface area contributed by atoms with E-state index in [2.05, 4.69) is 24.5 Å². The van der Waals surface area contributed by atoms with E-state index in [1.165, 1.54) is 12.1 Å². The number of thiol groups is 1. The molecule has 16 heavy (non-hydrogen) atoms. The number of nitrogens with two attached hydrogens (primary N) is 1. The molecule has 6 heteroatoms. The van der Waals surface area contributed by atoms with Gasteiger partial charge in [0.15, 0.2) is 0 Å². The highest BCUT2D eigenvalue weighted by atomic mass is 35.5. The molecule has 0 atom stereocenters. The highest BCUT2D eigenvalue weighted by Gasteiger charge is 2.15. The van der Waals surface area contributed by atoms with Gasteiger partial charge < -0.3 is 5.73 Å². The molecule has 2 N–H and O–H groups in total. The molecular formula is C10H9ClN2O2S. The van der Waals surface area contributed by atoms with Crippen LogP contribution in [0.4, 0.5) is 11.4 Å². The van der Waals surface area contributed by atoms with Crippen molar-refractivity contribution in [1.82, 2.24) is 0 Å². The van der Waals surface area contributed by atoms with Gasteiger partial charge in [-0.05, 0) is 6.07 Å². The SMILES string of the molecule is Nc1c(C#CCCS)cc(Cl)cc1[N+](=O)[O-]. The number of nitrogen functional groups attached to an aromatic ring is 1. The Labute approximate surface area is 103 Å². The number of benzene rings is 1. The standard InChI is InChI=1S/C10H9ClN2O2S/c11-8-5-7(3-1-2-4-16)10(12)9(6-8)13(14)15/h5-6,16H,2,4,12H2. The normalized spacial score (nSPS) is 9.38. The molecule has 4 nitrogen and oxygen atoms in total. The molecule has 0 spiro atoms. The van der Waals surface area contributed by atoms with Gasteiger partial charge in [-0.25, -0.2) is 0 Å². The van der Waals surface area contributed by atoms with Crippen molar-refractivity contribution in [3.8, 4) is 11.8 Å². The zero-order valence-corrected chi connectivity index (χ0v) is 9.89. The molecule has 1 aromatic rings. The lowest BCUT2D eigenvalue weighted by atomic mass is 10.1. The van der Waals surface area contributed by atoms with Gasteiger partial charge in [0.1, 0.15) is 5.69 Å². The molecule has 0 fully saturated rings. The Bertz CT molecular complexity index is 480. The monoisotopic (exact) mass is 256 g/mol. The quantitative estimate of drug-likeness (QED) is 0.281. The first-order valence-corrected chi connectivity index (χ1v) is 5.40. The van der Waals surface area contributed by atoms with Gasteiger partial charge in [0.2, 0.25) is 0 Å². The molecule has 0 saturated carbocycles. The van der Waals surface area contributed by atoms with E-state index in [-0.39, 0.29) is 16.4 Å². The van der Waals surface area contributed by atoms with E-state index < -0.39 is 4.92 Å². The summed E-state index contributed by atoms with van der Waals surface area (Å²) >= 11 is 9.73. The van der Waals surface area contributed by atoms with E-state index in [4.69, 9.17) is 17.3 Å². The number of hydrogen-bond donors (Lipinski definition) is 2. The molecule has 0 heterocycles. The van der Waals surface area contributed by atoms with Crippen LogP contribution in [0.3, 0.4) is 0 Å². The van der Waals surface area contributed by atoms with Crippen molar-refractivity contribution in [2.45, 2.75) is 6.42 Å². The Morgan fingerprint density at radius 1 is 1.56 bits per heavy atom. The third kappa shape index (κ3) is 3.05. The lowest BCUT2D eigenvalue weighted by Crippen LogP contribution is -1.98. The fraction of sp³-hybridized carbons (Fsp3) is 0.200. The summed E-state index contributed by atoms with van der Waals surface area (Å²) < 4.78 is 0. The lowest BCUT2D eigenvalue weighted by molar-refractivity contribution is -0.383.